The highest BCUT2D eigenvalue weighted by molar-refractivity contribution is 7.15. The number of amides is 1. The molecular formula is C14H15ClN4O3S. The number of nitrogens with zero attached hydrogens (tertiary/aromatic N) is 2. The molecule has 0 radical (unpaired) electrons. The number of hydrogen-bond donors (Lipinski definition) is 2. The van der Waals surface area contributed by atoms with Crippen LogP contribution in [0.15, 0.2) is 24.3 Å². The van der Waals surface area contributed by atoms with Gasteiger partial charge in [0.2, 0.25) is 0 Å². The van der Waals surface area contributed by atoms with E-state index in [1.54, 1.807) is 0 Å². The van der Waals surface area contributed by atoms with E-state index in [2.05, 4.69) is 10.3 Å². The number of fused-ring (bicyclic) bond motifs is 1. The largest absolute Gasteiger partial charge is 0.327 e. The van der Waals surface area contributed by atoms with Crippen LogP contribution in [0.2, 0.25) is 0 Å². The van der Waals surface area contributed by atoms with E-state index in [0.717, 1.165) is 29.8 Å². The monoisotopic (exact) mass is 354 g/mol. The molecule has 1 aliphatic rings. The number of rotatable bonds is 3. The van der Waals surface area contributed by atoms with Gasteiger partial charge in [0.15, 0.2) is 5.13 Å². The molecule has 3 N–H and O–H groups in total. The second kappa shape index (κ2) is 7.03. The number of thiazole rings is 1. The number of benzene rings is 1. The van der Waals surface area contributed by atoms with Gasteiger partial charge in [-0.2, -0.15) is 0 Å². The van der Waals surface area contributed by atoms with Crippen LogP contribution in [0.1, 0.15) is 27.3 Å². The molecule has 0 unspecified atom stereocenters. The van der Waals surface area contributed by atoms with Crippen molar-refractivity contribution in [1.82, 2.24) is 4.98 Å². The molecule has 0 aliphatic heterocycles. The topological polar surface area (TPSA) is 111 Å². The summed E-state index contributed by atoms with van der Waals surface area (Å²) in [5.74, 6) is -0.404. The van der Waals surface area contributed by atoms with Crippen molar-refractivity contribution in [2.75, 3.05) is 5.32 Å². The van der Waals surface area contributed by atoms with Crippen molar-refractivity contribution in [3.63, 3.8) is 0 Å². The molecule has 1 aromatic heterocycles. The second-order valence-electron chi connectivity index (χ2n) is 5.15. The number of nitrogens with two attached hydrogens (primary N) is 1. The van der Waals surface area contributed by atoms with Crippen LogP contribution in [0.25, 0.3) is 0 Å². The Balaban J connectivity index is 0.00000192. The summed E-state index contributed by atoms with van der Waals surface area (Å²) in [4.78, 5) is 27.9. The fourth-order valence-electron chi connectivity index (χ4n) is 2.38. The Hall–Kier alpha value is -2.03. The van der Waals surface area contributed by atoms with Crippen molar-refractivity contribution >= 4 is 40.5 Å². The van der Waals surface area contributed by atoms with Gasteiger partial charge in [0.25, 0.3) is 11.6 Å². The Bertz CT molecular complexity index is 749. The first-order valence-electron chi connectivity index (χ1n) is 6.83. The number of hydrogen-bond acceptors (Lipinski definition) is 6. The number of carbonyl (C=O) groups excluding carboxylic acids is 1. The maximum absolute atomic E-state index is 12.2. The average Bonchev–Trinajstić information content (AvgIpc) is 2.88. The molecule has 1 aromatic carbocycles. The Morgan fingerprint density at radius 1 is 1.48 bits per heavy atom. The molecule has 1 amide bonds. The molecule has 1 atom stereocenters. The summed E-state index contributed by atoms with van der Waals surface area (Å²) in [5, 5.41) is 14.0. The maximum atomic E-state index is 12.2. The maximum Gasteiger partial charge on any atom is 0.270 e. The zero-order valence-corrected chi connectivity index (χ0v) is 13.7. The van der Waals surface area contributed by atoms with Gasteiger partial charge >= 0.3 is 0 Å². The quantitative estimate of drug-likeness (QED) is 0.649. The predicted octanol–water partition coefficient (Wildman–Crippen LogP) is 2.54. The summed E-state index contributed by atoms with van der Waals surface area (Å²) in [6.45, 7) is 0. The zero-order valence-electron chi connectivity index (χ0n) is 12.0. The van der Waals surface area contributed by atoms with E-state index in [0.29, 0.717) is 5.13 Å². The molecule has 0 saturated heterocycles. The molecular weight excluding hydrogens is 340 g/mol. The minimum absolute atomic E-state index is 0. The number of anilines is 1. The smallest absolute Gasteiger partial charge is 0.270 e. The number of aryl methyl sites for hydroxylation is 1. The van der Waals surface area contributed by atoms with Crippen molar-refractivity contribution in [3.05, 3.63) is 50.5 Å². The fraction of sp³-hybridized carbons (Fsp3) is 0.286. The molecule has 0 fully saturated rings. The zero-order chi connectivity index (χ0) is 15.7. The van der Waals surface area contributed by atoms with E-state index in [9.17, 15) is 14.9 Å². The van der Waals surface area contributed by atoms with Gasteiger partial charge in [0.05, 0.1) is 10.6 Å². The Morgan fingerprint density at radius 2 is 2.26 bits per heavy atom. The second-order valence-corrected chi connectivity index (χ2v) is 6.24. The van der Waals surface area contributed by atoms with Crippen molar-refractivity contribution < 1.29 is 9.72 Å². The first kappa shape index (κ1) is 17.3. The fourth-order valence-corrected chi connectivity index (χ4v) is 3.48. The molecule has 122 valence electrons. The molecule has 1 heterocycles. The van der Waals surface area contributed by atoms with E-state index < -0.39 is 10.8 Å². The molecule has 23 heavy (non-hydrogen) atoms. The Labute approximate surface area is 142 Å². The third kappa shape index (κ3) is 3.84. The molecule has 3 rings (SSSR count). The van der Waals surface area contributed by atoms with Crippen molar-refractivity contribution in [3.8, 4) is 0 Å². The Kier molecular flexibility index (Phi) is 5.30. The molecule has 0 bridgehead atoms. The van der Waals surface area contributed by atoms with Gasteiger partial charge in [0, 0.05) is 28.6 Å². The summed E-state index contributed by atoms with van der Waals surface area (Å²) in [5.41, 5.74) is 7.03. The highest BCUT2D eigenvalue weighted by atomic mass is 35.5. The summed E-state index contributed by atoms with van der Waals surface area (Å²) >= 11 is 1.42. The van der Waals surface area contributed by atoms with Crippen LogP contribution in [0.5, 0.6) is 0 Å². The van der Waals surface area contributed by atoms with Gasteiger partial charge in [-0.1, -0.05) is 6.07 Å². The van der Waals surface area contributed by atoms with Crippen LogP contribution >= 0.6 is 23.7 Å². The number of aromatic nitrogens is 1. The third-order valence-corrected chi connectivity index (χ3v) is 4.55. The molecule has 0 spiro atoms. The SMILES string of the molecule is Cl.N[C@H]1CCc2nc(NC(=O)c3cccc([N+](=O)[O-])c3)sc2C1. The van der Waals surface area contributed by atoms with Crippen LogP contribution in [0.4, 0.5) is 10.8 Å². The lowest BCUT2D eigenvalue weighted by Crippen LogP contribution is -2.27. The minimum Gasteiger partial charge on any atom is -0.327 e. The van der Waals surface area contributed by atoms with Crippen LogP contribution < -0.4 is 11.1 Å². The summed E-state index contributed by atoms with van der Waals surface area (Å²) < 4.78 is 0. The van der Waals surface area contributed by atoms with Gasteiger partial charge in [-0.3, -0.25) is 20.2 Å². The third-order valence-electron chi connectivity index (χ3n) is 3.52. The first-order valence-corrected chi connectivity index (χ1v) is 7.64. The van der Waals surface area contributed by atoms with E-state index >= 15 is 0 Å². The van der Waals surface area contributed by atoms with Crippen LogP contribution in [0, 0.1) is 10.1 Å². The van der Waals surface area contributed by atoms with Crippen LogP contribution in [-0.2, 0) is 12.8 Å². The lowest BCUT2D eigenvalue weighted by Gasteiger charge is -2.15. The summed E-state index contributed by atoms with van der Waals surface area (Å²) in [7, 11) is 0. The Morgan fingerprint density at radius 3 is 3.00 bits per heavy atom. The molecule has 7 nitrogen and oxygen atoms in total. The normalized spacial score (nSPS) is 16.1. The van der Waals surface area contributed by atoms with Gasteiger partial charge in [0.1, 0.15) is 0 Å². The standard InChI is InChI=1S/C14H14N4O3S.ClH/c15-9-4-5-11-12(7-9)22-14(16-11)17-13(19)8-2-1-3-10(6-8)18(20)21;/h1-3,6,9H,4-5,7,15H2,(H,16,17,19);1H/t9-;/m0./s1. The highest BCUT2D eigenvalue weighted by Gasteiger charge is 2.21. The average molecular weight is 355 g/mol. The van der Waals surface area contributed by atoms with E-state index in [4.69, 9.17) is 5.73 Å². The minimum atomic E-state index is -0.528. The van der Waals surface area contributed by atoms with E-state index in [1.165, 1.54) is 35.6 Å². The number of nitro benzene ring substituents is 1. The highest BCUT2D eigenvalue weighted by Crippen LogP contribution is 2.29. The van der Waals surface area contributed by atoms with Gasteiger partial charge in [-0.15, -0.1) is 23.7 Å². The first-order chi connectivity index (χ1) is 10.5. The van der Waals surface area contributed by atoms with Crippen molar-refractivity contribution in [2.45, 2.75) is 25.3 Å². The molecule has 2 aromatic rings. The number of carbonyl (C=O) groups is 1. The number of nitro groups is 1. The summed E-state index contributed by atoms with van der Waals surface area (Å²) in [6.07, 6.45) is 2.49. The molecule has 9 heteroatoms. The van der Waals surface area contributed by atoms with Crippen molar-refractivity contribution in [1.29, 1.82) is 0 Å². The van der Waals surface area contributed by atoms with E-state index in [1.807, 2.05) is 0 Å². The molecule has 1 aliphatic carbocycles. The predicted molar refractivity (Wildman–Crippen MR) is 90.4 cm³/mol. The van der Waals surface area contributed by atoms with Gasteiger partial charge < -0.3 is 5.73 Å². The lowest BCUT2D eigenvalue weighted by molar-refractivity contribution is -0.384. The van der Waals surface area contributed by atoms with Crippen molar-refractivity contribution in [2.24, 2.45) is 5.73 Å². The van der Waals surface area contributed by atoms with Gasteiger partial charge in [-0.25, -0.2) is 4.98 Å². The van der Waals surface area contributed by atoms with Gasteiger partial charge in [-0.05, 0) is 25.3 Å². The number of halogens is 1. The van der Waals surface area contributed by atoms with E-state index in [-0.39, 0.29) is 29.7 Å². The van der Waals surface area contributed by atoms with Crippen LogP contribution in [0.3, 0.4) is 0 Å². The summed E-state index contributed by atoms with van der Waals surface area (Å²) in [6, 6.07) is 5.76. The molecule has 0 saturated carbocycles. The number of nitrogens with one attached hydrogen (secondary N) is 1. The van der Waals surface area contributed by atoms with Crippen LogP contribution in [-0.4, -0.2) is 21.9 Å². The number of non-ortho nitro benzene ring substituents is 1. The lowest BCUT2D eigenvalue weighted by atomic mass is 9.99.